The molecule has 100 valence electrons. The quantitative estimate of drug-likeness (QED) is 0.865. The standard InChI is InChI=1S/C14H19F2NO/c15-12-3-1-10(9-13(12)16)2-4-14(18)11-5-7-17-8-6-11/h1,3,9,11,14,17-18H,2,4-8H2. The van der Waals surface area contributed by atoms with Gasteiger partial charge in [-0.25, -0.2) is 8.78 Å². The molecule has 2 N–H and O–H groups in total. The molecule has 18 heavy (non-hydrogen) atoms. The fraction of sp³-hybridized carbons (Fsp3) is 0.571. The number of halogens is 2. The zero-order valence-corrected chi connectivity index (χ0v) is 10.3. The lowest BCUT2D eigenvalue weighted by Crippen LogP contribution is -2.34. The first-order valence-electron chi connectivity index (χ1n) is 6.49. The van der Waals surface area contributed by atoms with Crippen LogP contribution in [0.3, 0.4) is 0 Å². The molecule has 1 saturated heterocycles. The summed E-state index contributed by atoms with van der Waals surface area (Å²) < 4.78 is 25.8. The van der Waals surface area contributed by atoms with Crippen molar-refractivity contribution in [3.05, 3.63) is 35.4 Å². The van der Waals surface area contributed by atoms with Gasteiger partial charge in [-0.2, -0.15) is 0 Å². The van der Waals surface area contributed by atoms with Gasteiger partial charge in [0.05, 0.1) is 6.10 Å². The van der Waals surface area contributed by atoms with Crippen LogP contribution >= 0.6 is 0 Å². The predicted octanol–water partition coefficient (Wildman–Crippen LogP) is 2.26. The summed E-state index contributed by atoms with van der Waals surface area (Å²) in [6.45, 7) is 1.90. The van der Waals surface area contributed by atoms with E-state index in [0.29, 0.717) is 18.8 Å². The second kappa shape index (κ2) is 6.25. The highest BCUT2D eigenvalue weighted by atomic mass is 19.2. The molecule has 1 aliphatic rings. The Morgan fingerprint density at radius 2 is 1.94 bits per heavy atom. The number of nitrogens with one attached hydrogen (secondary N) is 1. The van der Waals surface area contributed by atoms with Crippen LogP contribution in [-0.4, -0.2) is 24.3 Å². The molecule has 0 aliphatic carbocycles. The Morgan fingerprint density at radius 3 is 2.61 bits per heavy atom. The van der Waals surface area contributed by atoms with Crippen molar-refractivity contribution in [1.82, 2.24) is 5.32 Å². The zero-order valence-electron chi connectivity index (χ0n) is 10.3. The van der Waals surface area contributed by atoms with E-state index in [1.807, 2.05) is 0 Å². The minimum Gasteiger partial charge on any atom is -0.393 e. The highest BCUT2D eigenvalue weighted by Crippen LogP contribution is 2.20. The topological polar surface area (TPSA) is 32.3 Å². The van der Waals surface area contributed by atoms with Gasteiger partial charge in [-0.3, -0.25) is 0 Å². The van der Waals surface area contributed by atoms with Crippen LogP contribution in [0, 0.1) is 17.6 Å². The van der Waals surface area contributed by atoms with Crippen molar-refractivity contribution < 1.29 is 13.9 Å². The summed E-state index contributed by atoms with van der Waals surface area (Å²) in [5.41, 5.74) is 0.738. The van der Waals surface area contributed by atoms with Gasteiger partial charge in [-0.1, -0.05) is 6.07 Å². The van der Waals surface area contributed by atoms with Crippen LogP contribution in [0.2, 0.25) is 0 Å². The number of aryl methyl sites for hydroxylation is 1. The minimum absolute atomic E-state index is 0.330. The van der Waals surface area contributed by atoms with E-state index in [-0.39, 0.29) is 6.10 Å². The van der Waals surface area contributed by atoms with E-state index >= 15 is 0 Å². The van der Waals surface area contributed by atoms with E-state index in [9.17, 15) is 13.9 Å². The summed E-state index contributed by atoms with van der Waals surface area (Å²) in [7, 11) is 0. The fourth-order valence-electron chi connectivity index (χ4n) is 2.47. The number of aliphatic hydroxyl groups excluding tert-OH is 1. The number of hydrogen-bond acceptors (Lipinski definition) is 2. The molecule has 1 fully saturated rings. The second-order valence-corrected chi connectivity index (χ2v) is 4.94. The molecule has 1 atom stereocenters. The van der Waals surface area contributed by atoms with Gasteiger partial charge < -0.3 is 10.4 Å². The van der Waals surface area contributed by atoms with Crippen molar-refractivity contribution in [2.45, 2.75) is 31.8 Å². The van der Waals surface area contributed by atoms with E-state index in [2.05, 4.69) is 5.32 Å². The fourth-order valence-corrected chi connectivity index (χ4v) is 2.47. The van der Waals surface area contributed by atoms with Gasteiger partial charge in [0.1, 0.15) is 0 Å². The molecule has 1 aliphatic heterocycles. The maximum Gasteiger partial charge on any atom is 0.159 e. The lowest BCUT2D eigenvalue weighted by molar-refractivity contribution is 0.0813. The van der Waals surface area contributed by atoms with E-state index < -0.39 is 11.6 Å². The van der Waals surface area contributed by atoms with Gasteiger partial charge >= 0.3 is 0 Å². The van der Waals surface area contributed by atoms with Gasteiger partial charge in [0.25, 0.3) is 0 Å². The van der Waals surface area contributed by atoms with Gasteiger partial charge in [-0.05, 0) is 62.4 Å². The summed E-state index contributed by atoms with van der Waals surface area (Å²) in [6, 6.07) is 3.93. The Morgan fingerprint density at radius 1 is 1.22 bits per heavy atom. The van der Waals surface area contributed by atoms with Crippen molar-refractivity contribution in [2.75, 3.05) is 13.1 Å². The smallest absolute Gasteiger partial charge is 0.159 e. The Labute approximate surface area is 106 Å². The van der Waals surface area contributed by atoms with Crippen LogP contribution in [0.1, 0.15) is 24.8 Å². The molecule has 0 radical (unpaired) electrons. The van der Waals surface area contributed by atoms with Crippen LogP contribution in [0.5, 0.6) is 0 Å². The molecule has 1 unspecified atom stereocenters. The Balaban J connectivity index is 1.84. The zero-order chi connectivity index (χ0) is 13.0. The predicted molar refractivity (Wildman–Crippen MR) is 66.3 cm³/mol. The average Bonchev–Trinajstić information content (AvgIpc) is 2.41. The van der Waals surface area contributed by atoms with Gasteiger partial charge in [-0.15, -0.1) is 0 Å². The number of benzene rings is 1. The van der Waals surface area contributed by atoms with E-state index in [1.54, 1.807) is 6.07 Å². The van der Waals surface area contributed by atoms with Crippen LogP contribution < -0.4 is 5.32 Å². The second-order valence-electron chi connectivity index (χ2n) is 4.94. The first kappa shape index (κ1) is 13.4. The summed E-state index contributed by atoms with van der Waals surface area (Å²) in [5, 5.41) is 13.3. The third kappa shape index (κ3) is 3.50. The van der Waals surface area contributed by atoms with Crippen molar-refractivity contribution >= 4 is 0 Å². The third-order valence-corrected chi connectivity index (χ3v) is 3.64. The maximum absolute atomic E-state index is 13.0. The third-order valence-electron chi connectivity index (χ3n) is 3.64. The average molecular weight is 255 g/mol. The molecule has 1 heterocycles. The van der Waals surface area contributed by atoms with E-state index in [4.69, 9.17) is 0 Å². The van der Waals surface area contributed by atoms with Crippen LogP contribution in [-0.2, 0) is 6.42 Å². The lowest BCUT2D eigenvalue weighted by atomic mass is 9.89. The summed E-state index contributed by atoms with van der Waals surface area (Å²) in [5.74, 6) is -1.31. The molecular formula is C14H19F2NO. The van der Waals surface area contributed by atoms with Crippen molar-refractivity contribution in [3.63, 3.8) is 0 Å². The highest BCUT2D eigenvalue weighted by molar-refractivity contribution is 5.17. The van der Waals surface area contributed by atoms with E-state index in [1.165, 1.54) is 6.07 Å². The number of aliphatic hydroxyl groups is 1. The van der Waals surface area contributed by atoms with Gasteiger partial charge in [0, 0.05) is 0 Å². The van der Waals surface area contributed by atoms with Crippen LogP contribution in [0.25, 0.3) is 0 Å². The number of rotatable bonds is 4. The molecular weight excluding hydrogens is 236 g/mol. The summed E-state index contributed by atoms with van der Waals surface area (Å²) >= 11 is 0. The first-order valence-corrected chi connectivity index (χ1v) is 6.49. The minimum atomic E-state index is -0.822. The van der Waals surface area contributed by atoms with Gasteiger partial charge in [0.2, 0.25) is 0 Å². The molecule has 0 saturated carbocycles. The molecule has 0 bridgehead atoms. The first-order chi connectivity index (χ1) is 8.66. The molecule has 4 heteroatoms. The normalized spacial score (nSPS) is 18.8. The summed E-state index contributed by atoms with van der Waals surface area (Å²) in [4.78, 5) is 0. The largest absolute Gasteiger partial charge is 0.393 e. The Hall–Kier alpha value is -1.00. The molecule has 0 aromatic heterocycles. The molecule has 2 rings (SSSR count). The van der Waals surface area contributed by atoms with Crippen molar-refractivity contribution in [3.8, 4) is 0 Å². The lowest BCUT2D eigenvalue weighted by Gasteiger charge is -2.27. The Bertz CT molecular complexity index is 391. The summed E-state index contributed by atoms with van der Waals surface area (Å²) in [6.07, 6.45) is 2.82. The highest BCUT2D eigenvalue weighted by Gasteiger charge is 2.21. The molecule has 2 nitrogen and oxygen atoms in total. The van der Waals surface area contributed by atoms with Crippen LogP contribution in [0.4, 0.5) is 8.78 Å². The SMILES string of the molecule is OC(CCc1ccc(F)c(F)c1)C1CCNCC1. The van der Waals surface area contributed by atoms with Crippen molar-refractivity contribution in [1.29, 1.82) is 0 Å². The van der Waals surface area contributed by atoms with Crippen molar-refractivity contribution in [2.24, 2.45) is 5.92 Å². The Kier molecular flexibility index (Phi) is 4.66. The maximum atomic E-state index is 13.0. The van der Waals surface area contributed by atoms with Crippen LogP contribution in [0.15, 0.2) is 18.2 Å². The molecule has 0 amide bonds. The molecule has 1 aromatic rings. The monoisotopic (exact) mass is 255 g/mol. The number of piperidine rings is 1. The van der Waals surface area contributed by atoms with Gasteiger partial charge in [0.15, 0.2) is 11.6 Å². The molecule has 0 spiro atoms. The number of hydrogen-bond donors (Lipinski definition) is 2. The molecule has 1 aromatic carbocycles. The van der Waals surface area contributed by atoms with E-state index in [0.717, 1.165) is 37.6 Å².